The number of rotatable bonds is 16. The highest BCUT2D eigenvalue weighted by Crippen LogP contribution is 2.30. The molecule has 0 bridgehead atoms. The van der Waals surface area contributed by atoms with Crippen LogP contribution in [-0.2, 0) is 31.1 Å². The van der Waals surface area contributed by atoms with Crippen LogP contribution in [0.1, 0.15) is 22.3 Å². The highest BCUT2D eigenvalue weighted by molar-refractivity contribution is 7.91. The normalized spacial score (nSPS) is 15.9. The molecule has 0 spiro atoms. The standard InChI is InChI=1S/C44H47ClN6O8S2/c45-36-14-10-33(11-15-36)41-9-5-4-6-35(41)31-49-22-24-50(25-23-49)38-16-12-34(13-17-38)44(52)47-61(57,58)40-18-19-42(43(30-40)51(53)54)46-37(20-21-48-26-28-59-29-27-48)32-60(55,56)39-7-2-1-3-8-39/h1-19,30,37,46H,20-29,31-32H2,(H,47,52)/t37-/m1/s1. The average Bonchev–Trinajstić information content (AvgIpc) is 3.27. The van der Waals surface area contributed by atoms with Crippen LogP contribution in [0.25, 0.3) is 11.1 Å². The van der Waals surface area contributed by atoms with Crippen LogP contribution in [0.3, 0.4) is 0 Å². The van der Waals surface area contributed by atoms with Gasteiger partial charge in [-0.3, -0.25) is 24.7 Å². The van der Waals surface area contributed by atoms with E-state index in [1.165, 1.54) is 29.3 Å². The Hall–Kier alpha value is -5.36. The van der Waals surface area contributed by atoms with Crippen LogP contribution in [0.4, 0.5) is 17.1 Å². The summed E-state index contributed by atoms with van der Waals surface area (Å²) in [5.41, 5.74) is 3.85. The summed E-state index contributed by atoms with van der Waals surface area (Å²) in [4.78, 5) is 31.2. The minimum Gasteiger partial charge on any atom is -0.379 e. The molecule has 5 aromatic carbocycles. The molecule has 2 aliphatic heterocycles. The van der Waals surface area contributed by atoms with Crippen LogP contribution in [0.15, 0.2) is 131 Å². The fourth-order valence-electron chi connectivity index (χ4n) is 7.56. The Balaban J connectivity index is 0.980. The van der Waals surface area contributed by atoms with E-state index in [1.807, 2.05) is 41.1 Å². The monoisotopic (exact) mass is 886 g/mol. The van der Waals surface area contributed by atoms with Crippen molar-refractivity contribution < 1.29 is 31.3 Å². The third kappa shape index (κ3) is 11.3. The van der Waals surface area contributed by atoms with Crippen molar-refractivity contribution in [1.82, 2.24) is 14.5 Å². The summed E-state index contributed by atoms with van der Waals surface area (Å²) >= 11 is 6.12. The number of sulfone groups is 1. The zero-order chi connectivity index (χ0) is 43.0. The number of morpholine rings is 1. The Labute approximate surface area is 361 Å². The van der Waals surface area contributed by atoms with E-state index in [0.29, 0.717) is 44.3 Å². The van der Waals surface area contributed by atoms with Crippen LogP contribution >= 0.6 is 11.6 Å². The molecule has 2 saturated heterocycles. The van der Waals surface area contributed by atoms with Crippen molar-refractivity contribution in [3.05, 3.63) is 148 Å². The predicted octanol–water partition coefficient (Wildman–Crippen LogP) is 6.33. The van der Waals surface area contributed by atoms with Gasteiger partial charge in [0.25, 0.3) is 21.6 Å². The van der Waals surface area contributed by atoms with Gasteiger partial charge in [-0.05, 0) is 83.8 Å². The lowest BCUT2D eigenvalue weighted by molar-refractivity contribution is -0.384. The van der Waals surface area contributed by atoms with Gasteiger partial charge in [0, 0.05) is 80.7 Å². The molecule has 5 aromatic rings. The molecule has 0 aliphatic carbocycles. The summed E-state index contributed by atoms with van der Waals surface area (Å²) in [6, 6.07) is 33.2. The number of benzene rings is 5. The van der Waals surface area contributed by atoms with Crippen LogP contribution < -0.4 is 14.9 Å². The maximum atomic E-state index is 13.4. The molecular weight excluding hydrogens is 840 g/mol. The molecule has 14 nitrogen and oxygen atoms in total. The molecule has 2 aliphatic rings. The van der Waals surface area contributed by atoms with E-state index >= 15 is 0 Å². The van der Waals surface area contributed by atoms with Gasteiger partial charge >= 0.3 is 0 Å². The van der Waals surface area contributed by atoms with E-state index in [9.17, 15) is 31.7 Å². The number of hydrogen-bond acceptors (Lipinski definition) is 12. The van der Waals surface area contributed by atoms with Gasteiger partial charge in [-0.2, -0.15) is 0 Å². The number of nitrogens with zero attached hydrogens (tertiary/aromatic N) is 4. The van der Waals surface area contributed by atoms with Gasteiger partial charge in [0.1, 0.15) is 5.69 Å². The molecule has 0 radical (unpaired) electrons. The summed E-state index contributed by atoms with van der Waals surface area (Å²) in [7, 11) is -8.35. The van der Waals surface area contributed by atoms with E-state index in [1.54, 1.807) is 42.5 Å². The SMILES string of the molecule is O=C(NS(=O)(=O)c1ccc(N[C@H](CCN2CCOCC2)CS(=O)(=O)c2ccccc2)c([N+](=O)[O-])c1)c1ccc(N2CCN(Cc3ccccc3-c3ccc(Cl)cc3)CC2)cc1. The minimum absolute atomic E-state index is 0.0512. The molecule has 2 fully saturated rings. The number of amides is 1. The van der Waals surface area contributed by atoms with Gasteiger partial charge in [0.2, 0.25) is 0 Å². The number of anilines is 2. The van der Waals surface area contributed by atoms with E-state index in [4.69, 9.17) is 16.3 Å². The second-order valence-corrected chi connectivity index (χ2v) is 19.2. The summed E-state index contributed by atoms with van der Waals surface area (Å²) in [5.74, 6) is -1.25. The Morgan fingerprint density at radius 1 is 0.770 bits per heavy atom. The topological polar surface area (TPSA) is 172 Å². The van der Waals surface area contributed by atoms with E-state index in [-0.39, 0.29) is 21.9 Å². The van der Waals surface area contributed by atoms with Crippen molar-refractivity contribution in [3.63, 3.8) is 0 Å². The highest BCUT2D eigenvalue weighted by atomic mass is 35.5. The number of ether oxygens (including phenoxy) is 1. The Morgan fingerprint density at radius 3 is 2.13 bits per heavy atom. The summed E-state index contributed by atoms with van der Waals surface area (Å²) in [6.07, 6.45) is 0.329. The van der Waals surface area contributed by atoms with Gasteiger partial charge < -0.3 is 15.0 Å². The number of carbonyl (C=O) groups is 1. The van der Waals surface area contributed by atoms with Crippen LogP contribution in [-0.4, -0.2) is 108 Å². The summed E-state index contributed by atoms with van der Waals surface area (Å²) < 4.78 is 61.1. The van der Waals surface area contributed by atoms with Crippen LogP contribution in [0.2, 0.25) is 5.02 Å². The molecule has 0 saturated carbocycles. The minimum atomic E-state index is -4.55. The quantitative estimate of drug-likeness (QED) is 0.0835. The Bertz CT molecular complexity index is 2530. The molecule has 1 atom stereocenters. The molecule has 2 heterocycles. The largest absolute Gasteiger partial charge is 0.379 e. The van der Waals surface area contributed by atoms with Crippen LogP contribution in [0.5, 0.6) is 0 Å². The lowest BCUT2D eigenvalue weighted by Crippen LogP contribution is -2.46. The zero-order valence-electron chi connectivity index (χ0n) is 33.4. The van der Waals surface area contributed by atoms with Gasteiger partial charge in [0.05, 0.1) is 33.7 Å². The van der Waals surface area contributed by atoms with E-state index in [0.717, 1.165) is 56.1 Å². The Morgan fingerprint density at radius 2 is 1.44 bits per heavy atom. The number of nitro benzene ring substituents is 1. The molecule has 0 aromatic heterocycles. The maximum absolute atomic E-state index is 13.4. The first-order chi connectivity index (χ1) is 29.3. The number of nitrogens with one attached hydrogen (secondary N) is 2. The molecule has 2 N–H and O–H groups in total. The molecule has 17 heteroatoms. The molecular formula is C44H47ClN6O8S2. The molecule has 320 valence electrons. The lowest BCUT2D eigenvalue weighted by atomic mass is 9.99. The third-order valence-corrected chi connectivity index (χ3v) is 14.3. The van der Waals surface area contributed by atoms with Gasteiger partial charge in [-0.15, -0.1) is 0 Å². The van der Waals surface area contributed by atoms with Crippen molar-refractivity contribution in [1.29, 1.82) is 0 Å². The average molecular weight is 887 g/mol. The fraction of sp³-hybridized carbons (Fsp3) is 0.295. The predicted molar refractivity (Wildman–Crippen MR) is 236 cm³/mol. The number of sulfonamides is 1. The number of halogens is 1. The van der Waals surface area contributed by atoms with E-state index in [2.05, 4.69) is 32.1 Å². The smallest absolute Gasteiger partial charge is 0.293 e. The van der Waals surface area contributed by atoms with Crippen molar-refractivity contribution in [2.24, 2.45) is 0 Å². The number of carbonyl (C=O) groups excluding carboxylic acids is 1. The second-order valence-electron chi connectivity index (χ2n) is 15.0. The molecule has 7 rings (SSSR count). The maximum Gasteiger partial charge on any atom is 0.293 e. The van der Waals surface area contributed by atoms with Gasteiger partial charge in [0.15, 0.2) is 9.84 Å². The van der Waals surface area contributed by atoms with Crippen molar-refractivity contribution in [3.8, 4) is 11.1 Å². The van der Waals surface area contributed by atoms with Crippen LogP contribution in [0, 0.1) is 10.1 Å². The van der Waals surface area contributed by atoms with Crippen molar-refractivity contribution in [2.45, 2.75) is 28.8 Å². The molecule has 0 unspecified atom stereocenters. The van der Waals surface area contributed by atoms with Gasteiger partial charge in [-0.25, -0.2) is 21.6 Å². The number of piperazine rings is 1. The first kappa shape index (κ1) is 43.7. The van der Waals surface area contributed by atoms with Gasteiger partial charge in [-0.1, -0.05) is 66.2 Å². The first-order valence-corrected chi connectivity index (χ1v) is 23.5. The van der Waals surface area contributed by atoms with Crippen molar-refractivity contribution >= 4 is 54.4 Å². The number of nitro groups is 1. The fourth-order valence-corrected chi connectivity index (χ4v) is 10.2. The highest BCUT2D eigenvalue weighted by Gasteiger charge is 2.28. The molecule has 1 amide bonds. The zero-order valence-corrected chi connectivity index (χ0v) is 35.7. The van der Waals surface area contributed by atoms with E-state index < -0.39 is 47.3 Å². The molecule has 61 heavy (non-hydrogen) atoms. The second kappa shape index (κ2) is 19.6. The summed E-state index contributed by atoms with van der Waals surface area (Å²) in [6.45, 7) is 6.87. The third-order valence-electron chi connectivity index (χ3n) is 10.9. The number of hydrogen-bond donors (Lipinski definition) is 2. The lowest BCUT2D eigenvalue weighted by Gasteiger charge is -2.36. The van der Waals surface area contributed by atoms with Crippen molar-refractivity contribution in [2.75, 3.05) is 75.0 Å². The summed E-state index contributed by atoms with van der Waals surface area (Å²) in [5, 5.41) is 16.0. The Kier molecular flexibility index (Phi) is 14.0. The first-order valence-electron chi connectivity index (χ1n) is 20.0.